The Labute approximate surface area is 135 Å². The van der Waals surface area contributed by atoms with E-state index in [9.17, 15) is 0 Å². The van der Waals surface area contributed by atoms with Crippen molar-refractivity contribution in [2.75, 3.05) is 73.2 Å². The lowest BCUT2D eigenvalue weighted by Crippen LogP contribution is -2.07. The summed E-state index contributed by atoms with van der Waals surface area (Å²) in [4.78, 5) is 0. The van der Waals surface area contributed by atoms with Crippen molar-refractivity contribution in [1.29, 1.82) is 0 Å². The third-order valence-corrected chi connectivity index (χ3v) is 2.01. The van der Waals surface area contributed by atoms with E-state index in [1.54, 1.807) is 7.11 Å². The molecule has 22 heavy (non-hydrogen) atoms. The van der Waals surface area contributed by atoms with Crippen molar-refractivity contribution >= 4 is 0 Å². The van der Waals surface area contributed by atoms with Crippen LogP contribution in [0, 0.1) is 0 Å². The van der Waals surface area contributed by atoms with Gasteiger partial charge in [0.2, 0.25) is 0 Å². The highest BCUT2D eigenvalue weighted by molar-refractivity contribution is 4.33. The molecular weight excluding hydrogens is 292 g/mol. The van der Waals surface area contributed by atoms with E-state index in [0.717, 1.165) is 26.1 Å². The van der Waals surface area contributed by atoms with Gasteiger partial charge in [0.05, 0.1) is 52.9 Å². The highest BCUT2D eigenvalue weighted by Gasteiger charge is 1.87. The van der Waals surface area contributed by atoms with E-state index in [0.29, 0.717) is 33.0 Å². The SMILES string of the molecule is CCCCOCCOCCO.CCOC.OCCOCCO. The molecule has 138 valence electrons. The maximum absolute atomic E-state index is 8.34. The van der Waals surface area contributed by atoms with Crippen molar-refractivity contribution in [3.8, 4) is 0 Å². The van der Waals surface area contributed by atoms with E-state index < -0.39 is 0 Å². The van der Waals surface area contributed by atoms with Crippen LogP contribution in [0.3, 0.4) is 0 Å². The first kappa shape index (κ1) is 26.6. The van der Waals surface area contributed by atoms with Crippen molar-refractivity contribution in [2.24, 2.45) is 0 Å². The van der Waals surface area contributed by atoms with Gasteiger partial charge in [0, 0.05) is 20.3 Å². The van der Waals surface area contributed by atoms with E-state index in [-0.39, 0.29) is 19.8 Å². The molecule has 0 unspecified atom stereocenters. The van der Waals surface area contributed by atoms with Crippen LogP contribution in [0.1, 0.15) is 26.7 Å². The minimum Gasteiger partial charge on any atom is -0.394 e. The molecule has 0 heterocycles. The Bertz CT molecular complexity index is 134. The molecule has 0 aromatic heterocycles. The molecule has 0 saturated carbocycles. The van der Waals surface area contributed by atoms with Crippen LogP contribution < -0.4 is 0 Å². The van der Waals surface area contributed by atoms with Gasteiger partial charge in [-0.1, -0.05) is 13.3 Å². The number of unbranched alkanes of at least 4 members (excludes halogenated alkanes) is 1. The van der Waals surface area contributed by atoms with Gasteiger partial charge >= 0.3 is 0 Å². The van der Waals surface area contributed by atoms with Crippen LogP contribution in [-0.2, 0) is 18.9 Å². The molecular formula is C15H36O7. The number of aliphatic hydroxyl groups excluding tert-OH is 3. The van der Waals surface area contributed by atoms with Crippen molar-refractivity contribution in [1.82, 2.24) is 0 Å². The molecule has 0 radical (unpaired) electrons. The predicted octanol–water partition coefficient (Wildman–Crippen LogP) is 0.452. The number of methoxy groups -OCH3 is 1. The molecule has 0 aromatic rings. The summed E-state index contributed by atoms with van der Waals surface area (Å²) in [5, 5.41) is 24.5. The second kappa shape index (κ2) is 32.6. The Kier molecular flexibility index (Phi) is 39.4. The molecule has 0 saturated heterocycles. The molecule has 0 rings (SSSR count). The van der Waals surface area contributed by atoms with Gasteiger partial charge in [-0.05, 0) is 13.3 Å². The van der Waals surface area contributed by atoms with Crippen LogP contribution in [0.15, 0.2) is 0 Å². The Morgan fingerprint density at radius 2 is 1.00 bits per heavy atom. The quantitative estimate of drug-likeness (QED) is 0.422. The molecule has 0 amide bonds. The lowest BCUT2D eigenvalue weighted by Gasteiger charge is -2.02. The molecule has 7 heteroatoms. The van der Waals surface area contributed by atoms with Crippen LogP contribution in [0.25, 0.3) is 0 Å². The van der Waals surface area contributed by atoms with Crippen molar-refractivity contribution in [2.45, 2.75) is 26.7 Å². The summed E-state index contributed by atoms with van der Waals surface area (Å²) in [5.74, 6) is 0. The van der Waals surface area contributed by atoms with Gasteiger partial charge in [-0.25, -0.2) is 0 Å². The zero-order valence-corrected chi connectivity index (χ0v) is 14.5. The van der Waals surface area contributed by atoms with Crippen LogP contribution in [0.5, 0.6) is 0 Å². The van der Waals surface area contributed by atoms with E-state index in [2.05, 4.69) is 16.4 Å². The second-order valence-corrected chi connectivity index (χ2v) is 3.94. The monoisotopic (exact) mass is 328 g/mol. The zero-order valence-electron chi connectivity index (χ0n) is 14.5. The van der Waals surface area contributed by atoms with Crippen molar-refractivity contribution < 1.29 is 34.3 Å². The van der Waals surface area contributed by atoms with Crippen molar-refractivity contribution in [3.63, 3.8) is 0 Å². The summed E-state index contributed by atoms with van der Waals surface area (Å²) >= 11 is 0. The van der Waals surface area contributed by atoms with Gasteiger partial charge in [-0.3, -0.25) is 0 Å². The fraction of sp³-hybridized carbons (Fsp3) is 1.00. The van der Waals surface area contributed by atoms with Crippen LogP contribution in [0.2, 0.25) is 0 Å². The summed E-state index contributed by atoms with van der Waals surface area (Å²) in [7, 11) is 1.68. The first-order chi connectivity index (χ1) is 10.7. The molecule has 0 atom stereocenters. The Morgan fingerprint density at radius 1 is 0.636 bits per heavy atom. The molecule has 0 spiro atoms. The Morgan fingerprint density at radius 3 is 1.32 bits per heavy atom. The predicted molar refractivity (Wildman–Crippen MR) is 86.2 cm³/mol. The summed E-state index contributed by atoms with van der Waals surface area (Å²) in [6.45, 7) is 8.15. The zero-order chi connectivity index (χ0) is 17.3. The van der Waals surface area contributed by atoms with E-state index in [1.807, 2.05) is 6.92 Å². The van der Waals surface area contributed by atoms with Gasteiger partial charge < -0.3 is 34.3 Å². The smallest absolute Gasteiger partial charge is 0.0701 e. The van der Waals surface area contributed by atoms with Gasteiger partial charge in [-0.15, -0.1) is 0 Å². The molecule has 0 aliphatic rings. The molecule has 0 fully saturated rings. The van der Waals surface area contributed by atoms with Crippen LogP contribution >= 0.6 is 0 Å². The minimum atomic E-state index is 0.0278. The highest BCUT2D eigenvalue weighted by Crippen LogP contribution is 1.87. The summed E-state index contributed by atoms with van der Waals surface area (Å²) < 4.78 is 19.4. The molecule has 0 bridgehead atoms. The third kappa shape index (κ3) is 42.7. The fourth-order valence-electron chi connectivity index (χ4n) is 0.864. The topological polar surface area (TPSA) is 97.6 Å². The maximum Gasteiger partial charge on any atom is 0.0701 e. The molecule has 3 N–H and O–H groups in total. The Balaban J connectivity index is -0.000000280. The molecule has 0 aliphatic carbocycles. The minimum absolute atomic E-state index is 0.0278. The Hall–Kier alpha value is -0.280. The number of hydrogen-bond acceptors (Lipinski definition) is 7. The average Bonchev–Trinajstić information content (AvgIpc) is 2.55. The molecule has 7 nitrogen and oxygen atoms in total. The van der Waals surface area contributed by atoms with Gasteiger partial charge in [0.25, 0.3) is 0 Å². The van der Waals surface area contributed by atoms with Crippen molar-refractivity contribution in [3.05, 3.63) is 0 Å². The average molecular weight is 328 g/mol. The number of hydrogen-bond donors (Lipinski definition) is 3. The summed E-state index contributed by atoms with van der Waals surface area (Å²) in [6, 6.07) is 0. The summed E-state index contributed by atoms with van der Waals surface area (Å²) in [6.07, 6.45) is 2.28. The van der Waals surface area contributed by atoms with Gasteiger partial charge in [0.15, 0.2) is 0 Å². The lowest BCUT2D eigenvalue weighted by atomic mass is 10.4. The normalized spacial score (nSPS) is 9.55. The number of aliphatic hydroxyl groups is 3. The standard InChI is InChI=1S/C8H18O3.C4H10O3.C3H8O/c1-2-3-5-10-7-8-11-6-4-9;5-1-3-7-4-2-6;1-3-4-2/h9H,2-8H2,1H3;5-6H,1-4H2;3H2,1-2H3. The van der Waals surface area contributed by atoms with Crippen LogP contribution in [0.4, 0.5) is 0 Å². The number of ether oxygens (including phenoxy) is 4. The second-order valence-electron chi connectivity index (χ2n) is 3.94. The van der Waals surface area contributed by atoms with Gasteiger partial charge in [-0.2, -0.15) is 0 Å². The van der Waals surface area contributed by atoms with E-state index in [1.165, 1.54) is 0 Å². The largest absolute Gasteiger partial charge is 0.394 e. The number of rotatable bonds is 13. The lowest BCUT2D eigenvalue weighted by molar-refractivity contribution is 0.0324. The highest BCUT2D eigenvalue weighted by atomic mass is 16.5. The summed E-state index contributed by atoms with van der Waals surface area (Å²) in [5.41, 5.74) is 0. The first-order valence-electron chi connectivity index (χ1n) is 7.79. The first-order valence-corrected chi connectivity index (χ1v) is 7.79. The van der Waals surface area contributed by atoms with E-state index >= 15 is 0 Å². The molecule has 0 aromatic carbocycles. The molecule has 0 aliphatic heterocycles. The maximum atomic E-state index is 8.34. The van der Waals surface area contributed by atoms with Gasteiger partial charge in [0.1, 0.15) is 0 Å². The fourth-order valence-corrected chi connectivity index (χ4v) is 0.864. The third-order valence-electron chi connectivity index (χ3n) is 2.01. The van der Waals surface area contributed by atoms with Crippen LogP contribution in [-0.4, -0.2) is 88.5 Å². The van der Waals surface area contributed by atoms with E-state index in [4.69, 9.17) is 24.8 Å².